The van der Waals surface area contributed by atoms with E-state index in [1.165, 1.54) is 28.0 Å². The number of allylic oxidation sites excluding steroid dienone is 14. The second-order valence-electron chi connectivity index (χ2n) is 13.9. The third-order valence-electron chi connectivity index (χ3n) is 9.77. The van der Waals surface area contributed by atoms with Gasteiger partial charge >= 0.3 is 0 Å². The average molecular weight is 725 g/mol. The molecule has 0 atom stereocenters. The van der Waals surface area contributed by atoms with Crippen LogP contribution >= 0.6 is 0 Å². The molecule has 56 heavy (non-hydrogen) atoms. The maximum atomic E-state index is 2.38. The lowest BCUT2D eigenvalue weighted by Crippen LogP contribution is -2.18. The zero-order valence-corrected chi connectivity index (χ0v) is 32.2. The third kappa shape index (κ3) is 9.79. The summed E-state index contributed by atoms with van der Waals surface area (Å²) in [7, 11) is 0. The molecule has 2 heteroatoms. The van der Waals surface area contributed by atoms with Crippen LogP contribution in [0.25, 0.3) is 11.1 Å². The van der Waals surface area contributed by atoms with Crippen LogP contribution in [0, 0.1) is 6.92 Å². The van der Waals surface area contributed by atoms with E-state index in [1.807, 2.05) is 0 Å². The molecular weight excluding hydrogens is 677 g/mol. The topological polar surface area (TPSA) is 6.48 Å². The monoisotopic (exact) mass is 724 g/mol. The molecule has 5 aromatic rings. The van der Waals surface area contributed by atoms with Gasteiger partial charge in [-0.2, -0.15) is 0 Å². The van der Waals surface area contributed by atoms with Crippen molar-refractivity contribution in [1.29, 1.82) is 0 Å². The van der Waals surface area contributed by atoms with Gasteiger partial charge in [-0.1, -0.05) is 182 Å². The fraction of sp³-hybridized carbons (Fsp3) is 0.0741. The molecule has 2 aliphatic carbocycles. The van der Waals surface area contributed by atoms with E-state index in [4.69, 9.17) is 0 Å². The summed E-state index contributed by atoms with van der Waals surface area (Å²) in [5.41, 5.74) is 13.9. The fourth-order valence-corrected chi connectivity index (χ4v) is 6.97. The summed E-state index contributed by atoms with van der Waals surface area (Å²) in [4.78, 5) is 4.67. The van der Waals surface area contributed by atoms with Gasteiger partial charge in [0.15, 0.2) is 0 Å². The van der Waals surface area contributed by atoms with Gasteiger partial charge in [0.2, 0.25) is 0 Å². The molecule has 274 valence electrons. The van der Waals surface area contributed by atoms with Crippen LogP contribution in [0.4, 0.5) is 5.69 Å². The Morgan fingerprint density at radius 1 is 0.482 bits per heavy atom. The molecule has 0 saturated heterocycles. The SMILES string of the molecule is CC1=CCCC(N(C=C(c2ccccc2)c2ccccc2)C2=C/C=C/C=C/C=C(N(C=C(c3ccccc3)c3ccccc3)c3cccc(C)c3)\C=C/C=C\2)=C1. The van der Waals surface area contributed by atoms with Gasteiger partial charge in [0, 0.05) is 46.3 Å². The van der Waals surface area contributed by atoms with Crippen molar-refractivity contribution < 1.29 is 0 Å². The summed E-state index contributed by atoms with van der Waals surface area (Å²) in [6.45, 7) is 4.34. The normalized spacial score (nSPS) is 18.0. The van der Waals surface area contributed by atoms with Gasteiger partial charge in [-0.25, -0.2) is 0 Å². The maximum absolute atomic E-state index is 2.38. The Kier molecular flexibility index (Phi) is 12.6. The number of benzene rings is 5. The average Bonchev–Trinajstić information content (AvgIpc) is 3.24. The molecule has 0 amide bonds. The highest BCUT2D eigenvalue weighted by atomic mass is 15.1. The van der Waals surface area contributed by atoms with Gasteiger partial charge in [-0.15, -0.1) is 0 Å². The third-order valence-corrected chi connectivity index (χ3v) is 9.77. The highest BCUT2D eigenvalue weighted by Gasteiger charge is 2.17. The molecule has 2 aliphatic rings. The van der Waals surface area contributed by atoms with Gasteiger partial charge in [0.05, 0.1) is 0 Å². The second kappa shape index (κ2) is 18.9. The maximum Gasteiger partial charge on any atom is 0.0458 e. The van der Waals surface area contributed by atoms with Gasteiger partial charge < -0.3 is 9.80 Å². The molecule has 0 radical (unpaired) electrons. The van der Waals surface area contributed by atoms with Crippen molar-refractivity contribution >= 4 is 16.8 Å². The van der Waals surface area contributed by atoms with Gasteiger partial charge in [0.25, 0.3) is 0 Å². The van der Waals surface area contributed by atoms with Crippen LogP contribution in [-0.4, -0.2) is 4.90 Å². The molecule has 7 rings (SSSR count). The summed E-state index contributed by atoms with van der Waals surface area (Å²) in [6.07, 6.45) is 32.8. The summed E-state index contributed by atoms with van der Waals surface area (Å²) in [5.74, 6) is 0. The predicted molar refractivity (Wildman–Crippen MR) is 239 cm³/mol. The van der Waals surface area contributed by atoms with Crippen LogP contribution in [0.2, 0.25) is 0 Å². The molecule has 0 fully saturated rings. The highest BCUT2D eigenvalue weighted by Crippen LogP contribution is 2.32. The van der Waals surface area contributed by atoms with E-state index in [2.05, 4.69) is 255 Å². The quantitative estimate of drug-likeness (QED) is 0.141. The highest BCUT2D eigenvalue weighted by molar-refractivity contribution is 5.83. The number of hydrogen-bond donors (Lipinski definition) is 0. The van der Waals surface area contributed by atoms with Crippen molar-refractivity contribution in [3.63, 3.8) is 0 Å². The summed E-state index contributed by atoms with van der Waals surface area (Å²) < 4.78 is 0. The van der Waals surface area contributed by atoms with Crippen molar-refractivity contribution in [2.24, 2.45) is 0 Å². The first-order valence-corrected chi connectivity index (χ1v) is 19.4. The predicted octanol–water partition coefficient (Wildman–Crippen LogP) is 13.9. The molecule has 5 aromatic carbocycles. The Bertz CT molecular complexity index is 2310. The lowest BCUT2D eigenvalue weighted by molar-refractivity contribution is 0.557. The zero-order valence-electron chi connectivity index (χ0n) is 32.2. The molecule has 0 heterocycles. The van der Waals surface area contributed by atoms with E-state index in [-0.39, 0.29) is 0 Å². The standard InChI is InChI=1S/C54H48N2/c1-43-23-21-37-51(39-43)55(41-53(45-25-9-5-10-26-45)46-27-11-6-12-28-46)49-33-17-3-4-18-34-50(36-20-19-35-49)56(52-38-22-24-44(2)40-52)42-54(47-29-13-7-14-30-47)48-31-15-8-16-32-48/h3-21,23-37,39-42H,22,38H2,1-2H3/b4-3?,17-3+,18-4+,20-19?,33-17?,34-18?,35-19-,36-20-,49-33+,49-35?,50-34+,50-36?. The molecule has 0 bridgehead atoms. The number of aryl methyl sites for hydroxylation is 1. The van der Waals surface area contributed by atoms with E-state index >= 15 is 0 Å². The van der Waals surface area contributed by atoms with E-state index in [0.717, 1.165) is 52.2 Å². The molecular formula is C54H48N2. The Morgan fingerprint density at radius 3 is 1.41 bits per heavy atom. The lowest BCUT2D eigenvalue weighted by Gasteiger charge is -2.28. The Hall–Kier alpha value is -6.90. The molecule has 0 aromatic heterocycles. The van der Waals surface area contributed by atoms with Crippen molar-refractivity contribution in [3.8, 4) is 0 Å². The van der Waals surface area contributed by atoms with Crippen LogP contribution in [0.5, 0.6) is 0 Å². The van der Waals surface area contributed by atoms with Crippen LogP contribution < -0.4 is 4.90 Å². The van der Waals surface area contributed by atoms with Gasteiger partial charge in [-0.3, -0.25) is 0 Å². The minimum Gasteiger partial charge on any atom is -0.320 e. The van der Waals surface area contributed by atoms with Gasteiger partial charge in [0.1, 0.15) is 0 Å². The summed E-state index contributed by atoms with van der Waals surface area (Å²) in [5, 5.41) is 0. The number of rotatable bonds is 10. The van der Waals surface area contributed by atoms with E-state index in [0.29, 0.717) is 0 Å². The fourth-order valence-electron chi connectivity index (χ4n) is 6.97. The zero-order chi connectivity index (χ0) is 38.4. The molecule has 0 aliphatic heterocycles. The molecule has 0 unspecified atom stereocenters. The van der Waals surface area contributed by atoms with Gasteiger partial charge in [-0.05, 0) is 97.0 Å². The smallest absolute Gasteiger partial charge is 0.0458 e. The minimum absolute atomic E-state index is 0.950. The first kappa shape index (κ1) is 37.4. The van der Waals surface area contributed by atoms with Crippen LogP contribution in [0.15, 0.2) is 254 Å². The number of anilines is 1. The van der Waals surface area contributed by atoms with Crippen molar-refractivity contribution in [1.82, 2.24) is 4.90 Å². The lowest BCUT2D eigenvalue weighted by atomic mass is 9.97. The number of hydrogen-bond acceptors (Lipinski definition) is 2. The van der Waals surface area contributed by atoms with Crippen molar-refractivity contribution in [2.45, 2.75) is 26.7 Å². The Balaban J connectivity index is 1.32. The molecule has 0 saturated carbocycles. The van der Waals surface area contributed by atoms with E-state index in [1.54, 1.807) is 0 Å². The molecule has 2 nitrogen and oxygen atoms in total. The van der Waals surface area contributed by atoms with Crippen molar-refractivity contribution in [3.05, 3.63) is 281 Å². The van der Waals surface area contributed by atoms with Crippen LogP contribution in [0.1, 0.15) is 47.6 Å². The molecule has 0 N–H and O–H groups in total. The Morgan fingerprint density at radius 2 is 0.946 bits per heavy atom. The van der Waals surface area contributed by atoms with Crippen molar-refractivity contribution in [2.75, 3.05) is 4.90 Å². The van der Waals surface area contributed by atoms with E-state index < -0.39 is 0 Å². The van der Waals surface area contributed by atoms with Crippen LogP contribution in [-0.2, 0) is 0 Å². The first-order valence-electron chi connectivity index (χ1n) is 19.4. The number of nitrogens with zero attached hydrogens (tertiary/aromatic N) is 2. The van der Waals surface area contributed by atoms with E-state index in [9.17, 15) is 0 Å². The first-order chi connectivity index (χ1) is 27.6. The second-order valence-corrected chi connectivity index (χ2v) is 13.9. The minimum atomic E-state index is 0.950. The summed E-state index contributed by atoms with van der Waals surface area (Å²) >= 11 is 0. The molecule has 0 spiro atoms. The Labute approximate surface area is 333 Å². The van der Waals surface area contributed by atoms with Crippen LogP contribution in [0.3, 0.4) is 0 Å². The summed E-state index contributed by atoms with van der Waals surface area (Å²) in [6, 6.07) is 51.3. The largest absolute Gasteiger partial charge is 0.320 e.